The number of nitrogens with zero attached hydrogens (tertiary/aromatic N) is 3. The highest BCUT2D eigenvalue weighted by Gasteiger charge is 2.46. The highest BCUT2D eigenvalue weighted by Crippen LogP contribution is 2.40. The number of hydrogen-bond donors (Lipinski definition) is 1. The summed E-state index contributed by atoms with van der Waals surface area (Å²) in [6.45, 7) is 12.6. The van der Waals surface area contributed by atoms with Crippen molar-refractivity contribution in [1.29, 1.82) is 0 Å². The molecule has 0 aliphatic carbocycles. The summed E-state index contributed by atoms with van der Waals surface area (Å²) in [4.78, 5) is 28.7. The molecule has 4 rings (SSSR count). The van der Waals surface area contributed by atoms with Gasteiger partial charge in [0, 0.05) is 0 Å². The normalized spacial score (nSPS) is 28.3. The van der Waals surface area contributed by atoms with Gasteiger partial charge in [-0.2, -0.15) is 5.43 Å². The SMILES string of the molecule is COC(=O)N1c2ccc(C3CN[N+](C)(CC4(C)COC4)C3)cc2N(C(=O)OC(C)C)CC1C. The molecular formula is C24H37N4O5+. The van der Waals surface area contributed by atoms with Crippen molar-refractivity contribution in [3.63, 3.8) is 0 Å². The van der Waals surface area contributed by atoms with Gasteiger partial charge in [0.2, 0.25) is 0 Å². The highest BCUT2D eigenvalue weighted by atomic mass is 16.6. The second-order valence-electron chi connectivity index (χ2n) is 10.6. The first-order chi connectivity index (χ1) is 15.5. The number of carbonyl (C=O) groups is 2. The number of likely N-dealkylation sites (N-methyl/N-ethyl adjacent to an activating group) is 1. The van der Waals surface area contributed by atoms with Gasteiger partial charge in [0.25, 0.3) is 0 Å². The number of quaternary nitrogens is 1. The number of benzene rings is 1. The third-order valence-corrected chi connectivity index (χ3v) is 6.81. The predicted octanol–water partition coefficient (Wildman–Crippen LogP) is 3.10. The van der Waals surface area contributed by atoms with Crippen molar-refractivity contribution in [3.8, 4) is 0 Å². The Kier molecular flexibility index (Phi) is 6.32. The second kappa shape index (κ2) is 8.77. The Balaban J connectivity index is 1.63. The van der Waals surface area contributed by atoms with E-state index in [1.165, 1.54) is 7.11 Å². The molecular weight excluding hydrogens is 424 g/mol. The highest BCUT2D eigenvalue weighted by molar-refractivity contribution is 6.00. The summed E-state index contributed by atoms with van der Waals surface area (Å²) < 4.78 is 16.8. The minimum Gasteiger partial charge on any atom is -0.452 e. The van der Waals surface area contributed by atoms with Crippen LogP contribution in [-0.2, 0) is 14.2 Å². The third kappa shape index (κ3) is 4.67. The van der Waals surface area contributed by atoms with Gasteiger partial charge in [-0.05, 0) is 45.4 Å². The average Bonchev–Trinajstić information content (AvgIpc) is 3.12. The van der Waals surface area contributed by atoms with E-state index in [2.05, 4.69) is 25.5 Å². The first kappa shape index (κ1) is 23.8. The number of ether oxygens (including phenoxy) is 3. The third-order valence-electron chi connectivity index (χ3n) is 6.81. The van der Waals surface area contributed by atoms with Gasteiger partial charge in [0.1, 0.15) is 13.1 Å². The summed E-state index contributed by atoms with van der Waals surface area (Å²) in [5.74, 6) is 0.291. The van der Waals surface area contributed by atoms with Crippen molar-refractivity contribution in [1.82, 2.24) is 5.43 Å². The molecule has 0 bridgehead atoms. The molecule has 9 nitrogen and oxygen atoms in total. The Morgan fingerprint density at radius 2 is 2.00 bits per heavy atom. The minimum absolute atomic E-state index is 0.209. The lowest BCUT2D eigenvalue weighted by Gasteiger charge is -2.43. The van der Waals surface area contributed by atoms with Crippen molar-refractivity contribution in [2.75, 3.05) is 63.4 Å². The Morgan fingerprint density at radius 3 is 2.61 bits per heavy atom. The van der Waals surface area contributed by atoms with Crippen molar-refractivity contribution < 1.29 is 28.4 Å². The standard InChI is InChI=1S/C24H37N4O5/c1-16(2)33-22(29)26-11-17(3)27(23(30)31-6)20-8-7-18(9-21(20)26)19-10-25-28(5,12-19)13-24(4)14-32-15-24/h7-9,16-17,19,25H,10-15H2,1-6H3/q+1. The molecule has 0 spiro atoms. The predicted molar refractivity (Wildman–Crippen MR) is 125 cm³/mol. The number of nitrogens with one attached hydrogen (secondary N) is 1. The van der Waals surface area contributed by atoms with Crippen molar-refractivity contribution >= 4 is 23.6 Å². The molecule has 1 aromatic carbocycles. The van der Waals surface area contributed by atoms with E-state index in [1.54, 1.807) is 9.80 Å². The molecule has 0 saturated carbocycles. The van der Waals surface area contributed by atoms with Crippen LogP contribution in [-0.4, -0.2) is 82.5 Å². The number of methoxy groups -OCH3 is 1. The maximum atomic E-state index is 12.9. The molecule has 3 atom stereocenters. The number of anilines is 2. The summed E-state index contributed by atoms with van der Waals surface area (Å²) in [5.41, 5.74) is 6.37. The van der Waals surface area contributed by atoms with E-state index < -0.39 is 12.2 Å². The Hall–Kier alpha value is -2.36. The minimum atomic E-state index is -0.434. The molecule has 2 fully saturated rings. The Bertz CT molecular complexity index is 918. The quantitative estimate of drug-likeness (QED) is 0.694. The summed E-state index contributed by atoms with van der Waals surface area (Å²) in [6, 6.07) is 5.79. The molecule has 3 heterocycles. The largest absolute Gasteiger partial charge is 0.452 e. The lowest BCUT2D eigenvalue weighted by atomic mass is 9.87. The zero-order valence-corrected chi connectivity index (χ0v) is 20.6. The maximum absolute atomic E-state index is 12.9. The lowest BCUT2D eigenvalue weighted by molar-refractivity contribution is -0.947. The van der Waals surface area contributed by atoms with Crippen LogP contribution in [0.25, 0.3) is 0 Å². The van der Waals surface area contributed by atoms with E-state index >= 15 is 0 Å². The molecule has 2 amide bonds. The fraction of sp³-hybridized carbons (Fsp3) is 0.667. The van der Waals surface area contributed by atoms with Crippen LogP contribution in [0.5, 0.6) is 0 Å². The topological polar surface area (TPSA) is 80.3 Å². The molecule has 3 unspecified atom stereocenters. The van der Waals surface area contributed by atoms with Crippen LogP contribution in [0, 0.1) is 5.41 Å². The van der Waals surface area contributed by atoms with Crippen LogP contribution in [0.4, 0.5) is 21.0 Å². The monoisotopic (exact) mass is 461 g/mol. The number of rotatable bonds is 4. The van der Waals surface area contributed by atoms with Gasteiger partial charge in [0.15, 0.2) is 0 Å². The fourth-order valence-corrected chi connectivity index (χ4v) is 5.38. The zero-order valence-electron chi connectivity index (χ0n) is 20.6. The van der Waals surface area contributed by atoms with Gasteiger partial charge >= 0.3 is 12.2 Å². The lowest BCUT2D eigenvalue weighted by Crippen LogP contribution is -2.59. The van der Waals surface area contributed by atoms with Crippen LogP contribution >= 0.6 is 0 Å². The van der Waals surface area contributed by atoms with Gasteiger partial charge < -0.3 is 14.2 Å². The number of carbonyl (C=O) groups excluding carboxylic acids is 2. The van der Waals surface area contributed by atoms with Crippen LogP contribution in [0.1, 0.15) is 39.2 Å². The molecule has 1 N–H and O–H groups in total. The van der Waals surface area contributed by atoms with Gasteiger partial charge in [-0.15, -0.1) is 0 Å². The molecule has 9 heteroatoms. The molecule has 33 heavy (non-hydrogen) atoms. The molecule has 3 aliphatic heterocycles. The van der Waals surface area contributed by atoms with Crippen LogP contribution in [0.15, 0.2) is 18.2 Å². The summed E-state index contributed by atoms with van der Waals surface area (Å²) in [5, 5.41) is 0. The Labute approximate surface area is 196 Å². The van der Waals surface area contributed by atoms with E-state index in [0.717, 1.165) is 43.0 Å². The first-order valence-corrected chi connectivity index (χ1v) is 11.7. The second-order valence-corrected chi connectivity index (χ2v) is 10.6. The molecule has 182 valence electrons. The average molecular weight is 462 g/mol. The smallest absolute Gasteiger partial charge is 0.414 e. The van der Waals surface area contributed by atoms with E-state index in [0.29, 0.717) is 23.8 Å². The molecule has 0 radical (unpaired) electrons. The van der Waals surface area contributed by atoms with Crippen LogP contribution < -0.4 is 15.2 Å². The fourth-order valence-electron chi connectivity index (χ4n) is 5.38. The van der Waals surface area contributed by atoms with Crippen LogP contribution in [0.2, 0.25) is 0 Å². The van der Waals surface area contributed by atoms with E-state index in [-0.39, 0.29) is 17.6 Å². The summed E-state index contributed by atoms with van der Waals surface area (Å²) >= 11 is 0. The molecule has 0 aromatic heterocycles. The molecule has 3 aliphatic rings. The molecule has 1 aromatic rings. The van der Waals surface area contributed by atoms with Crippen LogP contribution in [0.3, 0.4) is 0 Å². The van der Waals surface area contributed by atoms with Crippen molar-refractivity contribution in [2.24, 2.45) is 5.41 Å². The number of amides is 2. The Morgan fingerprint density at radius 1 is 1.27 bits per heavy atom. The maximum Gasteiger partial charge on any atom is 0.414 e. The van der Waals surface area contributed by atoms with Gasteiger partial charge in [-0.25, -0.2) is 14.2 Å². The van der Waals surface area contributed by atoms with E-state index in [4.69, 9.17) is 14.2 Å². The number of fused-ring (bicyclic) bond motifs is 1. The first-order valence-electron chi connectivity index (χ1n) is 11.7. The summed E-state index contributed by atoms with van der Waals surface area (Å²) in [7, 11) is 3.61. The van der Waals surface area contributed by atoms with Gasteiger partial charge in [-0.1, -0.05) is 6.07 Å². The van der Waals surface area contributed by atoms with E-state index in [1.807, 2.05) is 32.9 Å². The van der Waals surface area contributed by atoms with Gasteiger partial charge in [0.05, 0.1) is 75.3 Å². The van der Waals surface area contributed by atoms with Gasteiger partial charge in [-0.3, -0.25) is 9.80 Å². The van der Waals surface area contributed by atoms with Crippen molar-refractivity contribution in [2.45, 2.75) is 45.8 Å². The van der Waals surface area contributed by atoms with E-state index in [9.17, 15) is 9.59 Å². The zero-order chi connectivity index (χ0) is 24.0. The summed E-state index contributed by atoms with van der Waals surface area (Å²) in [6.07, 6.45) is -1.06. The molecule has 2 saturated heterocycles. The van der Waals surface area contributed by atoms with Crippen molar-refractivity contribution in [3.05, 3.63) is 23.8 Å². The number of hydrogen-bond acceptors (Lipinski definition) is 6.